The Hall–Kier alpha value is -2.37. The second kappa shape index (κ2) is 6.61. The zero-order chi connectivity index (χ0) is 19.3. The van der Waals surface area contributed by atoms with Crippen LogP contribution in [-0.2, 0) is 15.0 Å². The molecule has 6 heteroatoms. The average molecular weight is 381 g/mol. The molecule has 3 N–H and O–H groups in total. The molecule has 0 spiro atoms. The zero-order valence-electron chi connectivity index (χ0n) is 16.0. The van der Waals surface area contributed by atoms with E-state index in [1.165, 1.54) is 44.1 Å². The van der Waals surface area contributed by atoms with Crippen LogP contribution in [0.1, 0.15) is 56.9 Å². The van der Waals surface area contributed by atoms with Crippen LogP contribution in [0.4, 0.5) is 10.5 Å². The molecular weight excluding hydrogens is 354 g/mol. The SMILES string of the molecule is O=C(CCC1NC(=O)NC1=O)Nc1ccc(C23CC4CC(CC(C4)C2)C3)cc1. The van der Waals surface area contributed by atoms with Crippen molar-refractivity contribution < 1.29 is 14.4 Å². The molecule has 4 bridgehead atoms. The summed E-state index contributed by atoms with van der Waals surface area (Å²) in [6.07, 6.45) is 8.80. The second-order valence-electron chi connectivity index (χ2n) is 9.38. The number of nitrogens with one attached hydrogen (secondary N) is 3. The first kappa shape index (κ1) is 17.7. The third-order valence-electron chi connectivity index (χ3n) is 7.34. The smallest absolute Gasteiger partial charge is 0.322 e. The van der Waals surface area contributed by atoms with Crippen molar-refractivity contribution in [2.24, 2.45) is 17.8 Å². The quantitative estimate of drug-likeness (QED) is 0.685. The van der Waals surface area contributed by atoms with Crippen LogP contribution in [0.5, 0.6) is 0 Å². The molecule has 4 saturated carbocycles. The summed E-state index contributed by atoms with van der Waals surface area (Å²) < 4.78 is 0. The average Bonchev–Trinajstić information content (AvgIpc) is 2.97. The standard InChI is InChI=1S/C22H27N3O3/c26-19(6-5-18-20(27)25-21(28)24-18)23-17-3-1-16(2-4-17)22-10-13-7-14(11-22)9-15(8-13)12-22/h1-4,13-15,18H,5-12H2,(H,23,26)(H2,24,25,27,28). The molecular formula is C22H27N3O3. The molecule has 1 aromatic carbocycles. The van der Waals surface area contributed by atoms with Crippen molar-refractivity contribution >= 4 is 23.5 Å². The Kier molecular flexibility index (Phi) is 4.18. The van der Waals surface area contributed by atoms with Crippen LogP contribution in [0.15, 0.2) is 24.3 Å². The zero-order valence-corrected chi connectivity index (χ0v) is 16.0. The molecule has 1 aromatic rings. The fourth-order valence-corrected chi connectivity index (χ4v) is 6.53. The van der Waals surface area contributed by atoms with E-state index in [-0.39, 0.29) is 18.2 Å². The number of imide groups is 1. The van der Waals surface area contributed by atoms with Crippen LogP contribution in [0, 0.1) is 17.8 Å². The summed E-state index contributed by atoms with van der Waals surface area (Å²) in [5.74, 6) is 2.24. The number of hydrogen-bond donors (Lipinski definition) is 3. The first-order chi connectivity index (χ1) is 13.5. The molecule has 1 unspecified atom stereocenters. The van der Waals surface area contributed by atoms with Gasteiger partial charge in [0.15, 0.2) is 0 Å². The highest BCUT2D eigenvalue weighted by Gasteiger charge is 2.51. The van der Waals surface area contributed by atoms with Crippen LogP contribution in [0.3, 0.4) is 0 Å². The summed E-state index contributed by atoms with van der Waals surface area (Å²) >= 11 is 0. The molecule has 28 heavy (non-hydrogen) atoms. The van der Waals surface area contributed by atoms with E-state index in [1.54, 1.807) is 0 Å². The van der Waals surface area contributed by atoms with Crippen LogP contribution in [0.2, 0.25) is 0 Å². The minimum atomic E-state index is -0.614. The van der Waals surface area contributed by atoms with Crippen molar-refractivity contribution in [2.45, 2.75) is 62.8 Å². The molecule has 0 radical (unpaired) electrons. The van der Waals surface area contributed by atoms with Crippen LogP contribution >= 0.6 is 0 Å². The maximum atomic E-state index is 12.2. The number of urea groups is 1. The normalized spacial score (nSPS) is 35.6. The Morgan fingerprint density at radius 3 is 2.14 bits per heavy atom. The maximum Gasteiger partial charge on any atom is 0.322 e. The van der Waals surface area contributed by atoms with Gasteiger partial charge in [0, 0.05) is 12.1 Å². The lowest BCUT2D eigenvalue weighted by Gasteiger charge is -2.57. The van der Waals surface area contributed by atoms with Crippen molar-refractivity contribution in [1.29, 1.82) is 0 Å². The maximum absolute atomic E-state index is 12.2. The van der Waals surface area contributed by atoms with Gasteiger partial charge in [-0.05, 0) is 85.8 Å². The highest BCUT2D eigenvalue weighted by atomic mass is 16.2. The van der Waals surface area contributed by atoms with E-state index in [0.29, 0.717) is 11.8 Å². The largest absolute Gasteiger partial charge is 0.326 e. The molecule has 1 atom stereocenters. The van der Waals surface area contributed by atoms with Crippen molar-refractivity contribution in [3.05, 3.63) is 29.8 Å². The molecule has 4 amide bonds. The van der Waals surface area contributed by atoms with Crippen LogP contribution < -0.4 is 16.0 Å². The predicted octanol–water partition coefficient (Wildman–Crippen LogP) is 3.08. The summed E-state index contributed by atoms with van der Waals surface area (Å²) in [6, 6.07) is 7.32. The Balaban J connectivity index is 1.19. The lowest BCUT2D eigenvalue weighted by molar-refractivity contribution is -0.120. The van der Waals surface area contributed by atoms with Crippen molar-refractivity contribution in [3.8, 4) is 0 Å². The third-order valence-corrected chi connectivity index (χ3v) is 7.34. The number of amides is 4. The van der Waals surface area contributed by atoms with Crippen molar-refractivity contribution in [3.63, 3.8) is 0 Å². The van der Waals surface area contributed by atoms with Gasteiger partial charge in [-0.25, -0.2) is 4.79 Å². The molecule has 5 fully saturated rings. The van der Waals surface area contributed by atoms with Crippen LogP contribution in [0.25, 0.3) is 0 Å². The minimum absolute atomic E-state index is 0.142. The van der Waals surface area contributed by atoms with Crippen molar-refractivity contribution in [2.75, 3.05) is 5.32 Å². The Morgan fingerprint density at radius 2 is 1.61 bits per heavy atom. The second-order valence-corrected chi connectivity index (χ2v) is 9.38. The summed E-state index contributed by atoms with van der Waals surface area (Å²) in [5.41, 5.74) is 2.60. The number of anilines is 1. The molecule has 0 aromatic heterocycles. The van der Waals surface area contributed by atoms with Gasteiger partial charge >= 0.3 is 6.03 Å². The number of carbonyl (C=O) groups is 3. The lowest BCUT2D eigenvalue weighted by atomic mass is 9.48. The van der Waals surface area contributed by atoms with E-state index in [9.17, 15) is 14.4 Å². The van der Waals surface area contributed by atoms with Gasteiger partial charge in [-0.3, -0.25) is 14.9 Å². The fraction of sp³-hybridized carbons (Fsp3) is 0.591. The Bertz CT molecular complexity index is 782. The molecule has 6 nitrogen and oxygen atoms in total. The van der Waals surface area contributed by atoms with E-state index in [4.69, 9.17) is 0 Å². The third kappa shape index (κ3) is 3.19. The number of benzene rings is 1. The molecule has 1 aliphatic heterocycles. The van der Waals surface area contributed by atoms with Gasteiger partial charge in [0.25, 0.3) is 5.91 Å². The molecule has 148 valence electrons. The number of carbonyl (C=O) groups excluding carboxylic acids is 3. The molecule has 1 heterocycles. The molecule has 5 aliphatic rings. The minimum Gasteiger partial charge on any atom is -0.326 e. The van der Waals surface area contributed by atoms with Gasteiger partial charge in [0.05, 0.1) is 0 Å². The Labute approximate surface area is 164 Å². The highest BCUT2D eigenvalue weighted by molar-refractivity contribution is 6.04. The lowest BCUT2D eigenvalue weighted by Crippen LogP contribution is -2.48. The van der Waals surface area contributed by atoms with Gasteiger partial charge in [-0.2, -0.15) is 0 Å². The fourth-order valence-electron chi connectivity index (χ4n) is 6.53. The van der Waals surface area contributed by atoms with Crippen molar-refractivity contribution in [1.82, 2.24) is 10.6 Å². The summed E-state index contributed by atoms with van der Waals surface area (Å²) in [6.45, 7) is 0. The van der Waals surface area contributed by atoms with E-state index in [2.05, 4.69) is 28.1 Å². The van der Waals surface area contributed by atoms with Gasteiger partial charge in [0.1, 0.15) is 6.04 Å². The predicted molar refractivity (Wildman–Crippen MR) is 105 cm³/mol. The van der Waals surface area contributed by atoms with Gasteiger partial charge in [-0.1, -0.05) is 12.1 Å². The first-order valence-electron chi connectivity index (χ1n) is 10.5. The summed E-state index contributed by atoms with van der Waals surface area (Å²) in [5, 5.41) is 7.60. The molecule has 4 aliphatic carbocycles. The number of hydrogen-bond acceptors (Lipinski definition) is 3. The van der Waals surface area contributed by atoms with E-state index in [1.807, 2.05) is 12.1 Å². The highest BCUT2D eigenvalue weighted by Crippen LogP contribution is 2.60. The van der Waals surface area contributed by atoms with E-state index >= 15 is 0 Å². The van der Waals surface area contributed by atoms with E-state index in [0.717, 1.165) is 23.4 Å². The van der Waals surface area contributed by atoms with Gasteiger partial charge in [-0.15, -0.1) is 0 Å². The summed E-state index contributed by atoms with van der Waals surface area (Å²) in [7, 11) is 0. The van der Waals surface area contributed by atoms with Gasteiger partial charge < -0.3 is 10.6 Å². The first-order valence-corrected chi connectivity index (χ1v) is 10.5. The summed E-state index contributed by atoms with van der Waals surface area (Å²) in [4.78, 5) is 34.9. The van der Waals surface area contributed by atoms with Crippen LogP contribution in [-0.4, -0.2) is 23.9 Å². The number of rotatable bonds is 5. The molecule has 1 saturated heterocycles. The monoisotopic (exact) mass is 381 g/mol. The topological polar surface area (TPSA) is 87.3 Å². The molecule has 6 rings (SSSR count). The Morgan fingerprint density at radius 1 is 1.00 bits per heavy atom. The van der Waals surface area contributed by atoms with E-state index < -0.39 is 12.1 Å². The van der Waals surface area contributed by atoms with Gasteiger partial charge in [0.2, 0.25) is 5.91 Å².